The van der Waals surface area contributed by atoms with Crippen LogP contribution in [-0.2, 0) is 9.53 Å². The van der Waals surface area contributed by atoms with Gasteiger partial charge in [0.1, 0.15) is 6.61 Å². The molecule has 2 N–H and O–H groups in total. The first-order valence-corrected chi connectivity index (χ1v) is 4.52. The van der Waals surface area contributed by atoms with Crippen molar-refractivity contribution in [2.24, 2.45) is 5.41 Å². The van der Waals surface area contributed by atoms with Crippen LogP contribution < -0.4 is 5.32 Å². The molecule has 5 heteroatoms. The van der Waals surface area contributed by atoms with Crippen molar-refractivity contribution in [3.63, 3.8) is 0 Å². The van der Waals surface area contributed by atoms with Crippen molar-refractivity contribution in [1.82, 2.24) is 5.32 Å². The first kappa shape index (κ1) is 10.8. The molecule has 0 rings (SSSR count). The number of amides is 1. The average molecular weight is 205 g/mol. The van der Waals surface area contributed by atoms with E-state index in [1.807, 2.05) is 6.92 Å². The molecule has 0 aliphatic rings. The number of hydrogen-bond donors (Lipinski definition) is 2. The Balaban J connectivity index is 3.69. The van der Waals surface area contributed by atoms with Crippen LogP contribution in [0.25, 0.3) is 1.43 Å². The predicted molar refractivity (Wildman–Crippen MR) is 51.1 cm³/mol. The summed E-state index contributed by atoms with van der Waals surface area (Å²) in [6.45, 7) is 5.71. The molecule has 82 valence electrons. The highest BCUT2D eigenvalue weighted by atomic mass is 16.5. The van der Waals surface area contributed by atoms with Crippen LogP contribution in [0.2, 0.25) is 0 Å². The maximum Gasteiger partial charge on any atom is 0.404 e. The number of hydrogen-bond acceptors (Lipinski definition) is 4. The summed E-state index contributed by atoms with van der Waals surface area (Å²) in [5.74, 6) is -0.300. The van der Waals surface area contributed by atoms with Crippen LogP contribution in [0.5, 0.6) is 0 Å². The maximum absolute atomic E-state index is 11.4. The fourth-order valence-electron chi connectivity index (χ4n) is 0.637. The number of rotatable bonds is 5. The van der Waals surface area contributed by atoms with Gasteiger partial charge in [-0.25, -0.2) is 4.79 Å². The smallest absolute Gasteiger partial charge is 0.404 e. The topological polar surface area (TPSA) is 75.6 Å². The number of carbonyl (C=O) groups excluding carboxylic acids is 1. The zero-order valence-electron chi connectivity index (χ0n) is 9.75. The monoisotopic (exact) mass is 205 g/mol. The number of carboxylic acid groups (broad SMARTS) is 1. The lowest BCUT2D eigenvalue weighted by Gasteiger charge is -2.20. The predicted octanol–water partition coefficient (Wildman–Crippen LogP) is 1.23. The average Bonchev–Trinajstić information content (AvgIpc) is 2.23. The SMILES string of the molecule is [3H]OC(=O)NCCOC(=O)C(C)(C)CC. The first-order valence-electron chi connectivity index (χ1n) is 4.93. The number of ether oxygens (including phenoxy) is 1. The summed E-state index contributed by atoms with van der Waals surface area (Å²) >= 11 is 0. The van der Waals surface area contributed by atoms with Gasteiger partial charge in [-0.1, -0.05) is 6.92 Å². The van der Waals surface area contributed by atoms with Gasteiger partial charge in [-0.3, -0.25) is 4.79 Å². The van der Waals surface area contributed by atoms with Crippen LogP contribution in [0.4, 0.5) is 4.79 Å². The van der Waals surface area contributed by atoms with Gasteiger partial charge < -0.3 is 15.2 Å². The van der Waals surface area contributed by atoms with E-state index < -0.39 is 11.5 Å². The molecule has 0 saturated carbocycles. The molecular formula is C9H17NO4. The standard InChI is InChI=1S/C9H17NO4/c1-4-9(2,3)7(11)14-6-5-10-8(12)13/h10H,4-6H2,1-3H3,(H,12,13)/i/hT. The second kappa shape index (κ2) is 5.47. The zero-order valence-corrected chi connectivity index (χ0v) is 8.75. The normalized spacial score (nSPS) is 11.5. The van der Waals surface area contributed by atoms with Crippen LogP contribution in [0, 0.1) is 5.41 Å². The largest absolute Gasteiger partial charge is 0.465 e. The minimum atomic E-state index is -0.860. The van der Waals surface area contributed by atoms with Crippen LogP contribution >= 0.6 is 0 Å². The van der Waals surface area contributed by atoms with Crippen molar-refractivity contribution >= 4 is 12.1 Å². The van der Waals surface area contributed by atoms with Gasteiger partial charge in [-0.05, 0) is 20.3 Å². The summed E-state index contributed by atoms with van der Waals surface area (Å²) in [5.41, 5.74) is -0.504. The summed E-state index contributed by atoms with van der Waals surface area (Å²) < 4.78 is 11.2. The molecule has 14 heavy (non-hydrogen) atoms. The van der Waals surface area contributed by atoms with E-state index in [9.17, 15) is 9.59 Å². The van der Waals surface area contributed by atoms with Crippen molar-refractivity contribution in [3.8, 4) is 0 Å². The van der Waals surface area contributed by atoms with Crippen molar-refractivity contribution in [1.29, 1.82) is 1.43 Å². The molecule has 0 aromatic heterocycles. The van der Waals surface area contributed by atoms with Gasteiger partial charge in [-0.15, -0.1) is 0 Å². The molecule has 0 aliphatic heterocycles. The molecule has 0 heterocycles. The third-order valence-electron chi connectivity index (χ3n) is 2.04. The van der Waals surface area contributed by atoms with Gasteiger partial charge in [-0.2, -0.15) is 0 Å². The molecule has 0 saturated heterocycles. The Morgan fingerprint density at radius 2 is 2.21 bits per heavy atom. The number of esters is 1. The second-order valence-electron chi connectivity index (χ2n) is 3.59. The Hall–Kier alpha value is -1.26. The molecule has 0 aromatic rings. The van der Waals surface area contributed by atoms with E-state index in [1.165, 1.54) is 0 Å². The molecule has 0 aromatic carbocycles. The van der Waals surface area contributed by atoms with E-state index in [2.05, 4.69) is 10.4 Å². The molecule has 0 atom stereocenters. The summed E-state index contributed by atoms with van der Waals surface area (Å²) in [6, 6.07) is 0. The minimum absolute atomic E-state index is 0.0807. The number of carbonyl (C=O) groups is 2. The van der Waals surface area contributed by atoms with Crippen molar-refractivity contribution in [3.05, 3.63) is 0 Å². The lowest BCUT2D eigenvalue weighted by atomic mass is 9.91. The van der Waals surface area contributed by atoms with Gasteiger partial charge >= 0.3 is 12.1 Å². The Kier molecular flexibility index (Phi) is 4.22. The van der Waals surface area contributed by atoms with E-state index >= 15 is 0 Å². The molecule has 0 unspecified atom stereocenters. The molecular weight excluding hydrogens is 186 g/mol. The van der Waals surface area contributed by atoms with Gasteiger partial charge in [0.15, 0.2) is 0 Å². The van der Waals surface area contributed by atoms with E-state index in [0.29, 0.717) is 6.42 Å². The van der Waals surface area contributed by atoms with E-state index in [-0.39, 0.29) is 19.1 Å². The summed E-state index contributed by atoms with van der Waals surface area (Å²) in [4.78, 5) is 21.9. The molecule has 0 aliphatic carbocycles. The zero-order chi connectivity index (χ0) is 11.9. The van der Waals surface area contributed by atoms with Crippen LogP contribution in [0.1, 0.15) is 27.2 Å². The molecule has 0 spiro atoms. The lowest BCUT2D eigenvalue weighted by molar-refractivity contribution is -0.153. The Morgan fingerprint density at radius 3 is 2.71 bits per heavy atom. The van der Waals surface area contributed by atoms with Crippen molar-refractivity contribution in [2.45, 2.75) is 27.2 Å². The summed E-state index contributed by atoms with van der Waals surface area (Å²) in [6.07, 6.45) is -0.172. The summed E-state index contributed by atoms with van der Waals surface area (Å²) in [7, 11) is 0. The third-order valence-corrected chi connectivity index (χ3v) is 2.04. The highest BCUT2D eigenvalue weighted by Gasteiger charge is 2.26. The van der Waals surface area contributed by atoms with Crippen LogP contribution in [-0.4, -0.2) is 30.3 Å². The van der Waals surface area contributed by atoms with Gasteiger partial charge in [0.25, 0.3) is 1.43 Å². The van der Waals surface area contributed by atoms with Gasteiger partial charge in [0.05, 0.1) is 12.0 Å². The molecule has 5 nitrogen and oxygen atoms in total. The quantitative estimate of drug-likeness (QED) is 0.523. The third kappa shape index (κ3) is 4.69. The van der Waals surface area contributed by atoms with Crippen LogP contribution in [0.15, 0.2) is 0 Å². The highest BCUT2D eigenvalue weighted by Crippen LogP contribution is 2.20. The van der Waals surface area contributed by atoms with Crippen molar-refractivity contribution in [2.75, 3.05) is 13.2 Å². The Labute approximate surface area is 84.9 Å². The molecule has 0 fully saturated rings. The van der Waals surface area contributed by atoms with Gasteiger partial charge in [0, 0.05) is 0 Å². The molecule has 0 bridgehead atoms. The molecule has 0 radical (unpaired) electrons. The fraction of sp³-hybridized carbons (Fsp3) is 0.778. The van der Waals surface area contributed by atoms with E-state index in [1.54, 1.807) is 13.8 Å². The fourth-order valence-corrected chi connectivity index (χ4v) is 0.637. The Morgan fingerprint density at radius 1 is 1.57 bits per heavy atom. The van der Waals surface area contributed by atoms with E-state index in [0.717, 1.165) is 0 Å². The second-order valence-corrected chi connectivity index (χ2v) is 3.59. The van der Waals surface area contributed by atoms with Crippen LogP contribution in [0.3, 0.4) is 0 Å². The summed E-state index contributed by atoms with van der Waals surface area (Å²) in [5, 5.41) is 5.84. The molecule has 1 amide bonds. The number of nitrogens with one attached hydrogen (secondary N) is 1. The minimum Gasteiger partial charge on any atom is -0.465 e. The van der Waals surface area contributed by atoms with E-state index in [4.69, 9.17) is 6.17 Å². The Bertz CT molecular complexity index is 230. The highest BCUT2D eigenvalue weighted by molar-refractivity contribution is 5.75. The lowest BCUT2D eigenvalue weighted by Crippen LogP contribution is -2.30. The first-order chi connectivity index (χ1) is 6.94. The maximum atomic E-state index is 11.4. The van der Waals surface area contributed by atoms with Crippen molar-refractivity contribution < 1.29 is 19.4 Å². The van der Waals surface area contributed by atoms with Gasteiger partial charge in [0.2, 0.25) is 0 Å².